The fourth-order valence-electron chi connectivity index (χ4n) is 2.28. The minimum absolute atomic E-state index is 0.00334. The number of carbonyl (C=O) groups excluding carboxylic acids is 3. The first-order valence-corrected chi connectivity index (χ1v) is 8.73. The van der Waals surface area contributed by atoms with Crippen molar-refractivity contribution in [2.24, 2.45) is 4.99 Å². The molecule has 0 atom stereocenters. The van der Waals surface area contributed by atoms with Gasteiger partial charge in [-0.25, -0.2) is 9.36 Å². The Balaban J connectivity index is 1.81. The molecule has 28 heavy (non-hydrogen) atoms. The van der Waals surface area contributed by atoms with Gasteiger partial charge in [0.2, 0.25) is 5.91 Å². The van der Waals surface area contributed by atoms with Crippen molar-refractivity contribution in [3.05, 3.63) is 51.2 Å². The summed E-state index contributed by atoms with van der Waals surface area (Å²) in [6.07, 6.45) is 0. The Bertz CT molecular complexity index is 1100. The van der Waals surface area contributed by atoms with Crippen LogP contribution in [0.1, 0.15) is 0 Å². The van der Waals surface area contributed by atoms with Crippen molar-refractivity contribution < 1.29 is 19.1 Å². The van der Waals surface area contributed by atoms with Gasteiger partial charge in [0, 0.05) is 6.07 Å². The van der Waals surface area contributed by atoms with Crippen LogP contribution in [0.5, 0.6) is 5.75 Å². The summed E-state index contributed by atoms with van der Waals surface area (Å²) in [5.74, 6) is -2.07. The fraction of sp³-hybridized carbons (Fsp3) is 0.125. The summed E-state index contributed by atoms with van der Waals surface area (Å²) in [5.41, 5.74) is -1.03. The molecule has 144 valence electrons. The van der Waals surface area contributed by atoms with E-state index in [4.69, 9.17) is 4.74 Å². The molecule has 0 unspecified atom stereocenters. The van der Waals surface area contributed by atoms with E-state index in [1.54, 1.807) is 24.3 Å². The zero-order valence-corrected chi connectivity index (χ0v) is 15.2. The standard InChI is InChI=1S/C16H13N5O6S/c1-27-9-4-2-8(3-5-9)21-10(6-11(22)18-16(21)26)17-12(23)7-28-15-19-13(24)14(25)20-15/h2-6H,7H2,1H3,(H,17,23)(H,18,22,26)(H,19,20,24,25). The average molecular weight is 403 g/mol. The number of methoxy groups -OCH3 is 1. The number of H-pyrrole nitrogens is 1. The predicted molar refractivity (Wildman–Crippen MR) is 101 cm³/mol. The topological polar surface area (TPSA) is 152 Å². The number of aromatic nitrogens is 2. The van der Waals surface area contributed by atoms with Gasteiger partial charge in [-0.1, -0.05) is 11.8 Å². The summed E-state index contributed by atoms with van der Waals surface area (Å²) in [5, 5.41) is 4.68. The van der Waals surface area contributed by atoms with Gasteiger partial charge < -0.3 is 10.1 Å². The van der Waals surface area contributed by atoms with Crippen LogP contribution in [0.2, 0.25) is 0 Å². The van der Waals surface area contributed by atoms with Crippen LogP contribution in [0.15, 0.2) is 44.9 Å². The van der Waals surface area contributed by atoms with E-state index in [-0.39, 0.29) is 16.7 Å². The number of hydrogen-bond acceptors (Lipinski definition) is 7. The molecular formula is C16H13N5O6S. The third-order valence-electron chi connectivity index (χ3n) is 3.50. The van der Waals surface area contributed by atoms with Gasteiger partial charge in [-0.05, 0) is 24.3 Å². The largest absolute Gasteiger partial charge is 0.497 e. The Morgan fingerprint density at radius 2 is 1.93 bits per heavy atom. The number of thioether (sulfide) groups is 1. The smallest absolute Gasteiger partial charge is 0.337 e. The summed E-state index contributed by atoms with van der Waals surface area (Å²) in [6.45, 7) is 0. The summed E-state index contributed by atoms with van der Waals surface area (Å²) in [7, 11) is 1.50. The van der Waals surface area contributed by atoms with Gasteiger partial charge in [0.05, 0.1) is 18.6 Å². The minimum atomic E-state index is -0.939. The molecular weight excluding hydrogens is 390 g/mol. The first-order valence-electron chi connectivity index (χ1n) is 7.75. The number of aromatic amines is 1. The molecule has 1 aliphatic heterocycles. The number of ether oxygens (including phenoxy) is 1. The van der Waals surface area contributed by atoms with Crippen molar-refractivity contribution in [3.63, 3.8) is 0 Å². The van der Waals surface area contributed by atoms with Gasteiger partial charge in [-0.2, -0.15) is 4.99 Å². The lowest BCUT2D eigenvalue weighted by Crippen LogP contribution is -2.32. The molecule has 1 aliphatic rings. The number of amides is 3. The second kappa shape index (κ2) is 7.92. The van der Waals surface area contributed by atoms with E-state index >= 15 is 0 Å². The Labute approximate surface area is 160 Å². The average Bonchev–Trinajstić information content (AvgIpc) is 2.98. The van der Waals surface area contributed by atoms with Crippen molar-refractivity contribution in [1.82, 2.24) is 14.9 Å². The van der Waals surface area contributed by atoms with E-state index in [1.165, 1.54) is 7.11 Å². The van der Waals surface area contributed by atoms with Gasteiger partial charge in [0.1, 0.15) is 11.6 Å². The molecule has 0 bridgehead atoms. The number of carbonyl (C=O) groups is 3. The van der Waals surface area contributed by atoms with Crippen molar-refractivity contribution >= 4 is 40.5 Å². The lowest BCUT2D eigenvalue weighted by molar-refractivity contribution is -0.135. The number of nitrogens with one attached hydrogen (secondary N) is 3. The van der Waals surface area contributed by atoms with Crippen LogP contribution in [0.4, 0.5) is 5.82 Å². The second-order valence-corrected chi connectivity index (χ2v) is 6.33. The quantitative estimate of drug-likeness (QED) is 0.554. The molecule has 0 aliphatic carbocycles. The Hall–Kier alpha value is -3.67. The zero-order chi connectivity index (χ0) is 20.3. The Kier molecular flexibility index (Phi) is 5.40. The zero-order valence-electron chi connectivity index (χ0n) is 14.3. The molecule has 0 saturated carbocycles. The molecule has 0 radical (unpaired) electrons. The van der Waals surface area contributed by atoms with Gasteiger partial charge in [-0.3, -0.25) is 29.5 Å². The van der Waals surface area contributed by atoms with E-state index in [2.05, 4.69) is 20.6 Å². The Morgan fingerprint density at radius 3 is 2.54 bits per heavy atom. The minimum Gasteiger partial charge on any atom is -0.497 e. The highest BCUT2D eigenvalue weighted by atomic mass is 32.2. The lowest BCUT2D eigenvalue weighted by Gasteiger charge is -2.13. The van der Waals surface area contributed by atoms with Gasteiger partial charge in [-0.15, -0.1) is 0 Å². The van der Waals surface area contributed by atoms with E-state index in [0.717, 1.165) is 22.4 Å². The SMILES string of the molecule is COc1ccc(-n2c(NC(=O)CSC3=NC(=O)C(=O)N3)cc(=O)[nH]c2=O)cc1. The van der Waals surface area contributed by atoms with Gasteiger partial charge in [0.15, 0.2) is 5.17 Å². The van der Waals surface area contributed by atoms with Crippen LogP contribution in [0.25, 0.3) is 5.69 Å². The maximum atomic E-state index is 12.3. The number of benzene rings is 1. The van der Waals surface area contributed by atoms with Gasteiger partial charge >= 0.3 is 17.5 Å². The summed E-state index contributed by atoms with van der Waals surface area (Å²) < 4.78 is 6.18. The normalized spacial score (nSPS) is 13.1. The molecule has 3 amide bonds. The molecule has 1 aromatic heterocycles. The molecule has 0 spiro atoms. The third kappa shape index (κ3) is 4.17. The van der Waals surface area contributed by atoms with Crippen LogP contribution in [-0.4, -0.2) is 45.3 Å². The van der Waals surface area contributed by atoms with E-state index in [1.807, 2.05) is 0 Å². The summed E-state index contributed by atoms with van der Waals surface area (Å²) >= 11 is 0.829. The van der Waals surface area contributed by atoms with E-state index in [0.29, 0.717) is 11.4 Å². The molecule has 2 heterocycles. The van der Waals surface area contributed by atoms with Crippen LogP contribution in [0.3, 0.4) is 0 Å². The number of amidine groups is 1. The van der Waals surface area contributed by atoms with Gasteiger partial charge in [0.25, 0.3) is 5.56 Å². The third-order valence-corrected chi connectivity index (χ3v) is 4.37. The molecule has 11 nitrogen and oxygen atoms in total. The number of aliphatic imine (C=N–C) groups is 1. The summed E-state index contributed by atoms with van der Waals surface area (Å²) in [6, 6.07) is 7.46. The molecule has 1 aromatic carbocycles. The second-order valence-electron chi connectivity index (χ2n) is 5.37. The number of hydrogen-bond donors (Lipinski definition) is 3. The van der Waals surface area contributed by atoms with Crippen molar-refractivity contribution in [2.45, 2.75) is 0 Å². The molecule has 0 fully saturated rings. The number of anilines is 1. The molecule has 3 rings (SSSR count). The van der Waals surface area contributed by atoms with Crippen molar-refractivity contribution in [2.75, 3.05) is 18.2 Å². The number of rotatable bonds is 5. The monoisotopic (exact) mass is 403 g/mol. The lowest BCUT2D eigenvalue weighted by atomic mass is 10.3. The van der Waals surface area contributed by atoms with Crippen LogP contribution in [0, 0.1) is 0 Å². The maximum absolute atomic E-state index is 12.3. The first-order chi connectivity index (χ1) is 13.4. The number of nitrogens with zero attached hydrogens (tertiary/aromatic N) is 2. The van der Waals surface area contributed by atoms with Crippen molar-refractivity contribution in [3.8, 4) is 11.4 Å². The van der Waals surface area contributed by atoms with E-state index in [9.17, 15) is 24.0 Å². The maximum Gasteiger partial charge on any atom is 0.337 e. The molecule has 12 heteroatoms. The van der Waals surface area contributed by atoms with E-state index < -0.39 is 29.0 Å². The molecule has 0 saturated heterocycles. The molecule has 2 aromatic rings. The van der Waals surface area contributed by atoms with Crippen LogP contribution >= 0.6 is 11.8 Å². The molecule has 3 N–H and O–H groups in total. The van der Waals surface area contributed by atoms with Crippen LogP contribution < -0.4 is 26.6 Å². The highest BCUT2D eigenvalue weighted by molar-refractivity contribution is 8.14. The highest BCUT2D eigenvalue weighted by Crippen LogP contribution is 2.17. The summed E-state index contributed by atoms with van der Waals surface area (Å²) in [4.78, 5) is 63.8. The van der Waals surface area contributed by atoms with Crippen LogP contribution in [-0.2, 0) is 14.4 Å². The predicted octanol–water partition coefficient (Wildman–Crippen LogP) is -0.781. The highest BCUT2D eigenvalue weighted by Gasteiger charge is 2.24. The Morgan fingerprint density at radius 1 is 1.21 bits per heavy atom. The fourth-order valence-corrected chi connectivity index (χ4v) is 2.93. The van der Waals surface area contributed by atoms with Crippen molar-refractivity contribution in [1.29, 1.82) is 0 Å². The first kappa shape index (κ1) is 19.1.